The minimum absolute atomic E-state index is 0.0165. The molecule has 4 heterocycles. The summed E-state index contributed by atoms with van der Waals surface area (Å²) in [5.74, 6) is 3.26. The number of methoxy groups -OCH3 is 1. The van der Waals surface area contributed by atoms with Crippen molar-refractivity contribution in [2.24, 2.45) is 0 Å². The van der Waals surface area contributed by atoms with E-state index in [1.165, 1.54) is 29.0 Å². The van der Waals surface area contributed by atoms with Crippen LogP contribution >= 0.6 is 0 Å². The number of anilines is 1. The molecule has 33 heavy (non-hydrogen) atoms. The van der Waals surface area contributed by atoms with Crippen LogP contribution in [0.15, 0.2) is 42.6 Å². The molecule has 1 aromatic heterocycles. The molecule has 0 amide bonds. The van der Waals surface area contributed by atoms with Gasteiger partial charge in [0.25, 0.3) is 0 Å². The molecule has 3 aliphatic rings. The van der Waals surface area contributed by atoms with Crippen molar-refractivity contribution in [3.05, 3.63) is 64.8 Å². The van der Waals surface area contributed by atoms with E-state index < -0.39 is 0 Å². The molecule has 170 valence electrons. The summed E-state index contributed by atoms with van der Waals surface area (Å²) in [6, 6.07) is 11.6. The maximum Gasteiger partial charge on any atom is 0.231 e. The van der Waals surface area contributed by atoms with Crippen LogP contribution in [0.3, 0.4) is 0 Å². The fourth-order valence-corrected chi connectivity index (χ4v) is 4.92. The number of hydrogen-bond acceptors (Lipinski definition) is 9. The minimum Gasteiger partial charge on any atom is -0.493 e. The van der Waals surface area contributed by atoms with E-state index in [2.05, 4.69) is 28.1 Å². The van der Waals surface area contributed by atoms with E-state index in [-0.39, 0.29) is 23.7 Å². The number of fused-ring (bicyclic) bond motifs is 5. The summed E-state index contributed by atoms with van der Waals surface area (Å²) in [5, 5.41) is 18.3. The number of pyridine rings is 1. The Bertz CT molecular complexity index is 1210. The monoisotopic (exact) mass is 449 g/mol. The minimum atomic E-state index is 0.0165. The fraction of sp³-hybridized carbons (Fsp3) is 0.292. The van der Waals surface area contributed by atoms with Gasteiger partial charge in [0.2, 0.25) is 12.7 Å². The van der Waals surface area contributed by atoms with Crippen LogP contribution < -0.4 is 24.2 Å². The Balaban J connectivity index is 1.35. The molecule has 9 heteroatoms. The van der Waals surface area contributed by atoms with Gasteiger partial charge in [0.15, 0.2) is 23.0 Å². The average Bonchev–Trinajstić information content (AvgIpc) is 3.29. The molecular formula is C24H23N3O6. The molecule has 0 aliphatic carbocycles. The normalized spacial score (nSPS) is 18.2. The highest BCUT2D eigenvalue weighted by molar-refractivity contribution is 5.56. The lowest BCUT2D eigenvalue weighted by molar-refractivity contribution is 0.0289. The Morgan fingerprint density at radius 2 is 1.94 bits per heavy atom. The van der Waals surface area contributed by atoms with Gasteiger partial charge in [0.05, 0.1) is 13.3 Å². The summed E-state index contributed by atoms with van der Waals surface area (Å²) in [5.41, 5.74) is 5.03. The largest absolute Gasteiger partial charge is 0.493 e. The molecule has 0 saturated heterocycles. The topological polar surface area (TPSA) is 96.8 Å². The fourth-order valence-electron chi connectivity index (χ4n) is 4.92. The second kappa shape index (κ2) is 7.80. The van der Waals surface area contributed by atoms with Gasteiger partial charge in [-0.2, -0.15) is 0 Å². The highest BCUT2D eigenvalue weighted by Crippen LogP contribution is 2.47. The van der Waals surface area contributed by atoms with E-state index in [0.717, 1.165) is 43.0 Å². The molecule has 0 bridgehead atoms. The zero-order valence-electron chi connectivity index (χ0n) is 18.0. The lowest BCUT2D eigenvalue weighted by atomic mass is 9.83. The van der Waals surface area contributed by atoms with Crippen LogP contribution in [0.5, 0.6) is 28.9 Å². The first-order valence-electron chi connectivity index (χ1n) is 10.8. The summed E-state index contributed by atoms with van der Waals surface area (Å²) in [6.45, 7) is 1.93. The second-order valence-corrected chi connectivity index (χ2v) is 8.33. The van der Waals surface area contributed by atoms with Crippen molar-refractivity contribution in [3.63, 3.8) is 0 Å². The summed E-state index contributed by atoms with van der Waals surface area (Å²) in [6.07, 6.45) is 3.11. The van der Waals surface area contributed by atoms with Crippen molar-refractivity contribution in [3.8, 4) is 28.9 Å². The molecule has 3 aromatic rings. The summed E-state index contributed by atoms with van der Waals surface area (Å²) >= 11 is 0. The van der Waals surface area contributed by atoms with Crippen LogP contribution in [-0.2, 0) is 19.4 Å². The van der Waals surface area contributed by atoms with Crippen LogP contribution in [-0.4, -0.2) is 40.7 Å². The standard InChI is InChI=1S/C24H23N3O6/c1-30-20-4-2-14-8-19-17-10-22-21(31-13-32-22)9-15(17)6-7-26(19)12-18(14)24(20)33-23-5-3-16(11-25-23)27(28)29/h2-5,9-11,19,28-29H,6-8,12-13H2,1H3. The van der Waals surface area contributed by atoms with Gasteiger partial charge in [-0.25, -0.2) is 4.98 Å². The van der Waals surface area contributed by atoms with E-state index in [1.54, 1.807) is 13.2 Å². The maximum atomic E-state index is 9.14. The first kappa shape index (κ1) is 20.1. The molecule has 1 atom stereocenters. The number of hydrogen-bond donors (Lipinski definition) is 2. The molecular weight excluding hydrogens is 426 g/mol. The predicted octanol–water partition coefficient (Wildman–Crippen LogP) is 3.85. The highest BCUT2D eigenvalue weighted by atomic mass is 16.8. The molecule has 2 N–H and O–H groups in total. The molecule has 0 spiro atoms. The third kappa shape index (κ3) is 3.41. The maximum absolute atomic E-state index is 9.14. The smallest absolute Gasteiger partial charge is 0.231 e. The molecule has 0 radical (unpaired) electrons. The Hall–Kier alpha value is -3.53. The van der Waals surface area contributed by atoms with Crippen LogP contribution in [0, 0.1) is 0 Å². The number of benzene rings is 2. The SMILES string of the molecule is COc1ccc2c(c1Oc1ccc(N(O)O)cn1)CN1CCc3cc4c(cc3C1C2)OCO4. The molecule has 1 unspecified atom stereocenters. The third-order valence-corrected chi connectivity index (χ3v) is 6.58. The average molecular weight is 449 g/mol. The number of aromatic nitrogens is 1. The number of ether oxygens (including phenoxy) is 4. The molecule has 2 aromatic carbocycles. The van der Waals surface area contributed by atoms with Crippen LogP contribution in [0.25, 0.3) is 0 Å². The summed E-state index contributed by atoms with van der Waals surface area (Å²) in [4.78, 5) is 6.65. The van der Waals surface area contributed by atoms with Gasteiger partial charge in [0.1, 0.15) is 5.69 Å². The van der Waals surface area contributed by atoms with Crippen molar-refractivity contribution in [1.82, 2.24) is 9.88 Å². The van der Waals surface area contributed by atoms with Gasteiger partial charge in [-0.05, 0) is 53.8 Å². The van der Waals surface area contributed by atoms with Gasteiger partial charge in [-0.3, -0.25) is 15.3 Å². The Kier molecular flexibility index (Phi) is 4.75. The quantitative estimate of drug-likeness (QED) is 0.576. The highest BCUT2D eigenvalue weighted by Gasteiger charge is 2.35. The van der Waals surface area contributed by atoms with Crippen LogP contribution in [0.2, 0.25) is 0 Å². The molecule has 0 saturated carbocycles. The second-order valence-electron chi connectivity index (χ2n) is 8.33. The Morgan fingerprint density at radius 1 is 1.09 bits per heavy atom. The summed E-state index contributed by atoms with van der Waals surface area (Å²) < 4.78 is 23.0. The van der Waals surface area contributed by atoms with E-state index in [1.807, 2.05) is 6.07 Å². The first-order chi connectivity index (χ1) is 16.1. The van der Waals surface area contributed by atoms with Gasteiger partial charge >= 0.3 is 0 Å². The number of nitrogens with zero attached hydrogens (tertiary/aromatic N) is 3. The third-order valence-electron chi connectivity index (χ3n) is 6.58. The van der Waals surface area contributed by atoms with Crippen molar-refractivity contribution in [1.29, 1.82) is 0 Å². The van der Waals surface area contributed by atoms with Gasteiger partial charge in [0, 0.05) is 30.8 Å². The van der Waals surface area contributed by atoms with Crippen LogP contribution in [0.1, 0.15) is 28.3 Å². The Labute approximate surface area is 190 Å². The lowest BCUT2D eigenvalue weighted by Gasteiger charge is -2.42. The van der Waals surface area contributed by atoms with Crippen molar-refractivity contribution in [2.45, 2.75) is 25.4 Å². The predicted molar refractivity (Wildman–Crippen MR) is 116 cm³/mol. The number of rotatable bonds is 4. The van der Waals surface area contributed by atoms with Gasteiger partial charge in [-0.1, -0.05) is 6.07 Å². The molecule has 9 nitrogen and oxygen atoms in total. The van der Waals surface area contributed by atoms with Crippen molar-refractivity contribution < 1.29 is 29.4 Å². The zero-order chi connectivity index (χ0) is 22.5. The van der Waals surface area contributed by atoms with Gasteiger partial charge < -0.3 is 18.9 Å². The molecule has 6 rings (SSSR count). The lowest BCUT2D eigenvalue weighted by Crippen LogP contribution is -2.39. The van der Waals surface area contributed by atoms with Crippen LogP contribution in [0.4, 0.5) is 5.69 Å². The van der Waals surface area contributed by atoms with E-state index >= 15 is 0 Å². The molecule has 0 fully saturated rings. The van der Waals surface area contributed by atoms with Crippen molar-refractivity contribution >= 4 is 5.69 Å². The van der Waals surface area contributed by atoms with E-state index in [0.29, 0.717) is 17.4 Å². The Morgan fingerprint density at radius 3 is 2.70 bits per heavy atom. The summed E-state index contributed by atoms with van der Waals surface area (Å²) in [7, 11) is 1.62. The zero-order valence-corrected chi connectivity index (χ0v) is 18.0. The van der Waals surface area contributed by atoms with Crippen molar-refractivity contribution in [2.75, 3.05) is 25.7 Å². The van der Waals surface area contributed by atoms with E-state index in [9.17, 15) is 0 Å². The van der Waals surface area contributed by atoms with E-state index in [4.69, 9.17) is 29.4 Å². The first-order valence-corrected chi connectivity index (χ1v) is 10.8. The van der Waals surface area contributed by atoms with Gasteiger partial charge in [-0.15, -0.1) is 5.23 Å². The molecule has 3 aliphatic heterocycles.